The highest BCUT2D eigenvalue weighted by atomic mass is 16.5. The molecule has 0 spiro atoms. The summed E-state index contributed by atoms with van der Waals surface area (Å²) < 4.78 is 4.64. The maximum absolute atomic E-state index is 12.4. The number of esters is 1. The Kier molecular flexibility index (Phi) is 5.26. The first kappa shape index (κ1) is 17.6. The van der Waals surface area contributed by atoms with Crippen molar-refractivity contribution in [2.75, 3.05) is 19.0 Å². The lowest BCUT2D eigenvalue weighted by atomic mass is 10.1. The molecule has 7 nitrogen and oxygen atoms in total. The molecule has 2 aromatic rings. The van der Waals surface area contributed by atoms with Crippen molar-refractivity contribution in [1.29, 1.82) is 0 Å². The van der Waals surface area contributed by atoms with Crippen LogP contribution in [0.25, 0.3) is 0 Å². The molecular weight excluding hydrogens is 334 g/mol. The van der Waals surface area contributed by atoms with Crippen molar-refractivity contribution in [2.24, 2.45) is 5.92 Å². The Morgan fingerprint density at radius 3 is 2.69 bits per heavy atom. The minimum atomic E-state index is -0.435. The highest BCUT2D eigenvalue weighted by Crippen LogP contribution is 2.22. The average molecular weight is 353 g/mol. The molecule has 1 fully saturated rings. The van der Waals surface area contributed by atoms with Crippen LogP contribution in [0, 0.1) is 5.92 Å². The number of aromatic nitrogens is 1. The summed E-state index contributed by atoms with van der Waals surface area (Å²) in [5.74, 6) is -1.09. The minimum Gasteiger partial charge on any atom is -0.465 e. The van der Waals surface area contributed by atoms with Crippen LogP contribution in [0.1, 0.15) is 22.3 Å². The molecule has 0 aliphatic carbocycles. The molecule has 3 rings (SSSR count). The summed E-state index contributed by atoms with van der Waals surface area (Å²) in [6, 6.07) is 10.1. The first-order valence-electron chi connectivity index (χ1n) is 8.22. The molecule has 2 amide bonds. The molecule has 26 heavy (non-hydrogen) atoms. The van der Waals surface area contributed by atoms with Crippen LogP contribution in [-0.2, 0) is 20.9 Å². The molecule has 2 heterocycles. The van der Waals surface area contributed by atoms with Gasteiger partial charge in [0.1, 0.15) is 0 Å². The van der Waals surface area contributed by atoms with E-state index in [4.69, 9.17) is 0 Å². The second-order valence-corrected chi connectivity index (χ2v) is 6.09. The zero-order valence-electron chi connectivity index (χ0n) is 14.3. The van der Waals surface area contributed by atoms with Gasteiger partial charge in [-0.15, -0.1) is 0 Å². The van der Waals surface area contributed by atoms with Crippen molar-refractivity contribution < 1.29 is 19.1 Å². The molecule has 1 aliphatic heterocycles. The zero-order chi connectivity index (χ0) is 18.5. The number of hydrogen-bond donors (Lipinski definition) is 1. The quantitative estimate of drug-likeness (QED) is 0.829. The first-order chi connectivity index (χ1) is 12.6. The maximum Gasteiger partial charge on any atom is 0.337 e. The highest BCUT2D eigenvalue weighted by molar-refractivity contribution is 5.97. The van der Waals surface area contributed by atoms with Crippen LogP contribution in [0.3, 0.4) is 0 Å². The van der Waals surface area contributed by atoms with E-state index in [1.165, 1.54) is 7.11 Å². The van der Waals surface area contributed by atoms with Crippen molar-refractivity contribution >= 4 is 23.5 Å². The van der Waals surface area contributed by atoms with Gasteiger partial charge in [-0.2, -0.15) is 0 Å². The number of methoxy groups -OCH3 is 1. The SMILES string of the molecule is COC(=O)c1ccc(NC(=O)C2CC(=O)N(Cc3cccnc3)C2)cc1. The summed E-state index contributed by atoms with van der Waals surface area (Å²) in [5, 5.41) is 2.79. The van der Waals surface area contributed by atoms with Crippen LogP contribution in [-0.4, -0.2) is 41.3 Å². The van der Waals surface area contributed by atoms with Crippen LogP contribution in [0.5, 0.6) is 0 Å². The number of carbonyl (C=O) groups is 3. The van der Waals surface area contributed by atoms with Gasteiger partial charge in [-0.3, -0.25) is 14.6 Å². The molecule has 7 heteroatoms. The van der Waals surface area contributed by atoms with Gasteiger partial charge in [0, 0.05) is 37.6 Å². The summed E-state index contributed by atoms with van der Waals surface area (Å²) in [6.07, 6.45) is 3.58. The van der Waals surface area contributed by atoms with E-state index in [2.05, 4.69) is 15.0 Å². The van der Waals surface area contributed by atoms with Crippen molar-refractivity contribution in [3.05, 3.63) is 59.9 Å². The predicted octanol–water partition coefficient (Wildman–Crippen LogP) is 1.86. The Bertz CT molecular complexity index is 805. The number of benzene rings is 1. The van der Waals surface area contributed by atoms with Crippen molar-refractivity contribution in [3.63, 3.8) is 0 Å². The summed E-state index contributed by atoms with van der Waals surface area (Å²) >= 11 is 0. The largest absolute Gasteiger partial charge is 0.465 e. The van der Waals surface area contributed by atoms with Crippen LogP contribution in [0.2, 0.25) is 0 Å². The molecule has 0 bridgehead atoms. The molecule has 134 valence electrons. The van der Waals surface area contributed by atoms with E-state index in [0.29, 0.717) is 24.3 Å². The van der Waals surface area contributed by atoms with Crippen LogP contribution in [0.15, 0.2) is 48.8 Å². The number of pyridine rings is 1. The number of amides is 2. The van der Waals surface area contributed by atoms with Gasteiger partial charge in [0.05, 0.1) is 18.6 Å². The maximum atomic E-state index is 12.4. The number of nitrogens with zero attached hydrogens (tertiary/aromatic N) is 2. The summed E-state index contributed by atoms with van der Waals surface area (Å²) in [4.78, 5) is 41.7. The van der Waals surface area contributed by atoms with Gasteiger partial charge in [-0.1, -0.05) is 6.07 Å². The predicted molar refractivity (Wildman–Crippen MR) is 94.2 cm³/mol. The average Bonchev–Trinajstić information content (AvgIpc) is 3.03. The Morgan fingerprint density at radius 2 is 2.04 bits per heavy atom. The number of nitrogens with one attached hydrogen (secondary N) is 1. The fourth-order valence-corrected chi connectivity index (χ4v) is 2.86. The standard InChI is InChI=1S/C19H19N3O4/c1-26-19(25)14-4-6-16(7-5-14)21-18(24)15-9-17(23)22(12-15)11-13-3-2-8-20-10-13/h2-8,10,15H,9,11-12H2,1H3,(H,21,24). The van der Waals surface area contributed by atoms with Crippen LogP contribution >= 0.6 is 0 Å². The molecule has 1 aromatic heterocycles. The third-order valence-corrected chi connectivity index (χ3v) is 4.26. The molecule has 1 saturated heterocycles. The number of carbonyl (C=O) groups excluding carboxylic acids is 3. The van der Waals surface area contributed by atoms with Gasteiger partial charge in [0.25, 0.3) is 0 Å². The van der Waals surface area contributed by atoms with Crippen molar-refractivity contribution in [1.82, 2.24) is 9.88 Å². The van der Waals surface area contributed by atoms with Gasteiger partial charge in [0.2, 0.25) is 11.8 Å². The summed E-state index contributed by atoms with van der Waals surface area (Å²) in [6.45, 7) is 0.823. The first-order valence-corrected chi connectivity index (χ1v) is 8.22. The van der Waals surface area contributed by atoms with E-state index in [1.807, 2.05) is 12.1 Å². The topological polar surface area (TPSA) is 88.6 Å². The smallest absolute Gasteiger partial charge is 0.337 e. The van der Waals surface area contributed by atoms with E-state index in [9.17, 15) is 14.4 Å². The molecule has 1 atom stereocenters. The Balaban J connectivity index is 1.58. The summed E-state index contributed by atoms with van der Waals surface area (Å²) in [5.41, 5.74) is 1.91. The zero-order valence-corrected chi connectivity index (χ0v) is 14.3. The van der Waals surface area contributed by atoms with Crippen LogP contribution < -0.4 is 5.32 Å². The molecule has 1 unspecified atom stereocenters. The Hall–Kier alpha value is -3.22. The van der Waals surface area contributed by atoms with Crippen molar-refractivity contribution in [2.45, 2.75) is 13.0 Å². The second kappa shape index (κ2) is 7.77. The molecule has 1 N–H and O–H groups in total. The second-order valence-electron chi connectivity index (χ2n) is 6.09. The van der Waals surface area contributed by atoms with E-state index in [1.54, 1.807) is 41.6 Å². The van der Waals surface area contributed by atoms with E-state index < -0.39 is 11.9 Å². The number of likely N-dealkylation sites (tertiary alicyclic amines) is 1. The highest BCUT2D eigenvalue weighted by Gasteiger charge is 2.34. The van der Waals surface area contributed by atoms with E-state index >= 15 is 0 Å². The lowest BCUT2D eigenvalue weighted by Gasteiger charge is -2.16. The fraction of sp³-hybridized carbons (Fsp3) is 0.263. The lowest BCUT2D eigenvalue weighted by Crippen LogP contribution is -2.28. The van der Waals surface area contributed by atoms with Crippen molar-refractivity contribution in [3.8, 4) is 0 Å². The van der Waals surface area contributed by atoms with Gasteiger partial charge in [-0.05, 0) is 35.9 Å². The third kappa shape index (κ3) is 4.05. The third-order valence-electron chi connectivity index (χ3n) is 4.26. The van der Waals surface area contributed by atoms with Gasteiger partial charge in [0.15, 0.2) is 0 Å². The number of ether oxygens (including phenoxy) is 1. The molecule has 1 aliphatic rings. The van der Waals surface area contributed by atoms with Crippen LogP contribution in [0.4, 0.5) is 5.69 Å². The fourth-order valence-electron chi connectivity index (χ4n) is 2.86. The molecule has 0 radical (unpaired) electrons. The van der Waals surface area contributed by atoms with E-state index in [0.717, 1.165) is 5.56 Å². The minimum absolute atomic E-state index is 0.0463. The number of anilines is 1. The van der Waals surface area contributed by atoms with Gasteiger partial charge in [-0.25, -0.2) is 4.79 Å². The summed E-state index contributed by atoms with van der Waals surface area (Å²) in [7, 11) is 1.31. The molecule has 1 aromatic carbocycles. The lowest BCUT2D eigenvalue weighted by molar-refractivity contribution is -0.128. The Morgan fingerprint density at radius 1 is 1.27 bits per heavy atom. The Labute approximate surface area is 151 Å². The number of rotatable bonds is 5. The monoisotopic (exact) mass is 353 g/mol. The molecular formula is C19H19N3O4. The van der Waals surface area contributed by atoms with E-state index in [-0.39, 0.29) is 18.2 Å². The van der Waals surface area contributed by atoms with Gasteiger partial charge >= 0.3 is 5.97 Å². The molecule has 0 saturated carbocycles. The van der Waals surface area contributed by atoms with Gasteiger partial charge < -0.3 is 15.0 Å². The normalized spacial score (nSPS) is 16.4. The number of hydrogen-bond acceptors (Lipinski definition) is 5.